The van der Waals surface area contributed by atoms with Crippen LogP contribution in [0.25, 0.3) is 0 Å². The normalized spacial score (nSPS) is 14.7. The Morgan fingerprint density at radius 1 is 0.857 bits per heavy atom. The molecule has 3 rings (SSSR count). The molecule has 16 heteroatoms. The van der Waals surface area contributed by atoms with Crippen LogP contribution in [0.3, 0.4) is 0 Å². The van der Waals surface area contributed by atoms with E-state index < -0.39 is 44.9 Å². The van der Waals surface area contributed by atoms with Gasteiger partial charge in [0, 0.05) is 5.75 Å². The first-order valence-corrected chi connectivity index (χ1v) is 15.0. The van der Waals surface area contributed by atoms with Crippen LogP contribution in [0.2, 0.25) is 0 Å². The number of ether oxygens (including phenoxy) is 3. The van der Waals surface area contributed by atoms with E-state index in [0.717, 1.165) is 32.1 Å². The van der Waals surface area contributed by atoms with Gasteiger partial charge in [0.2, 0.25) is 5.91 Å². The van der Waals surface area contributed by atoms with E-state index in [9.17, 15) is 28.8 Å². The highest BCUT2D eigenvalue weighted by Gasteiger charge is 2.36. The maximum absolute atomic E-state index is 13.1. The van der Waals surface area contributed by atoms with Gasteiger partial charge in [0.05, 0.1) is 11.4 Å². The Morgan fingerprint density at radius 3 is 1.93 bits per heavy atom. The van der Waals surface area contributed by atoms with Crippen LogP contribution in [0, 0.1) is 19.8 Å². The van der Waals surface area contributed by atoms with E-state index in [4.69, 9.17) is 31.9 Å². The molecule has 1 atom stereocenters. The third-order valence-corrected chi connectivity index (χ3v) is 8.18. The van der Waals surface area contributed by atoms with Gasteiger partial charge in [-0.05, 0) is 70.0 Å². The van der Waals surface area contributed by atoms with Crippen molar-refractivity contribution in [1.29, 1.82) is 0 Å². The average Bonchev–Trinajstić information content (AvgIpc) is 3.44. The Hall–Kier alpha value is -3.40. The number of nitrogens with one attached hydrogen (secondary N) is 1. The summed E-state index contributed by atoms with van der Waals surface area (Å²) in [6, 6.07) is -1.24. The Bertz CT molecular complexity index is 1360. The predicted molar refractivity (Wildman–Crippen MR) is 148 cm³/mol. The fraction of sp³-hybridized carbons (Fsp3) is 0.615. The van der Waals surface area contributed by atoms with E-state index >= 15 is 0 Å². The monoisotopic (exact) mass is 631 g/mol. The number of esters is 1. The van der Waals surface area contributed by atoms with Crippen LogP contribution in [0.5, 0.6) is 0 Å². The second kappa shape index (κ2) is 15.2. The highest BCUT2D eigenvalue weighted by atomic mass is 32.2. The predicted octanol–water partition coefficient (Wildman–Crippen LogP) is 4.22. The fourth-order valence-corrected chi connectivity index (χ4v) is 5.24. The number of carbonyl (C=O) groups is 4. The minimum Gasteiger partial charge on any atom is -0.464 e. The second-order valence-corrected chi connectivity index (χ2v) is 12.5. The molecule has 2 heterocycles. The van der Waals surface area contributed by atoms with E-state index in [2.05, 4.69) is 5.32 Å². The van der Waals surface area contributed by atoms with Gasteiger partial charge in [-0.2, -0.15) is 0 Å². The summed E-state index contributed by atoms with van der Waals surface area (Å²) in [6.07, 6.45) is 5.10. The molecule has 0 unspecified atom stereocenters. The lowest BCUT2D eigenvalue weighted by Crippen LogP contribution is -2.50. The van der Waals surface area contributed by atoms with Crippen LogP contribution in [0.4, 0.5) is 9.59 Å². The molecule has 14 nitrogen and oxygen atoms in total. The summed E-state index contributed by atoms with van der Waals surface area (Å²) in [5, 5.41) is 0.923. The zero-order valence-electron chi connectivity index (χ0n) is 23.6. The highest BCUT2D eigenvalue weighted by Crippen LogP contribution is 2.28. The summed E-state index contributed by atoms with van der Waals surface area (Å²) < 4.78 is 33.2. The Balaban J connectivity index is 1.58. The summed E-state index contributed by atoms with van der Waals surface area (Å²) in [4.78, 5) is 73.2. The number of rotatable bonds is 12. The Kier molecular flexibility index (Phi) is 12.0. The maximum atomic E-state index is 13.1. The van der Waals surface area contributed by atoms with Crippen LogP contribution in [0.15, 0.2) is 27.3 Å². The van der Waals surface area contributed by atoms with Crippen molar-refractivity contribution in [2.45, 2.75) is 83.8 Å². The summed E-state index contributed by atoms with van der Waals surface area (Å²) in [7, 11) is 0. The molecule has 2 aromatic heterocycles. The lowest BCUT2D eigenvalue weighted by Gasteiger charge is -2.26. The highest BCUT2D eigenvalue weighted by molar-refractivity contribution is 8.15. The largest absolute Gasteiger partial charge is 0.519 e. The minimum absolute atomic E-state index is 0.0333. The van der Waals surface area contributed by atoms with Gasteiger partial charge in [-0.3, -0.25) is 4.79 Å². The van der Waals surface area contributed by atoms with Crippen molar-refractivity contribution >= 4 is 46.0 Å². The third-order valence-electron chi connectivity index (χ3n) is 6.34. The van der Waals surface area contributed by atoms with Crippen molar-refractivity contribution in [2.24, 2.45) is 5.92 Å². The first-order chi connectivity index (χ1) is 19.8. The molecule has 0 aliphatic heterocycles. The topological polar surface area (TPSA) is 195 Å². The quantitative estimate of drug-likeness (QED) is 0.258. The van der Waals surface area contributed by atoms with Gasteiger partial charge in [0.1, 0.15) is 6.04 Å². The van der Waals surface area contributed by atoms with Gasteiger partial charge >= 0.3 is 28.2 Å². The molecule has 1 saturated carbocycles. The van der Waals surface area contributed by atoms with Gasteiger partial charge < -0.3 is 37.2 Å². The SMILES string of the molecule is Cc1oc(=O)oc1COC(=O)SC[C@H](NC(=O)C(C)(C)SC(=O)OCc1oc(=O)oc1C)C(=O)OCC1CCCCC1. The molecule has 2 aromatic rings. The van der Waals surface area contributed by atoms with Crippen LogP contribution in [-0.2, 0) is 37.0 Å². The standard InChI is InChI=1S/C26H33NO13S2/c1-14-18(39-22(30)37-14)11-35-24(32)41-13-17(20(28)34-10-16-8-6-5-7-9-16)27-21(29)26(3,4)42-25(33)36-12-19-15(2)38-23(31)40-19/h16-17H,5-13H2,1-4H3,(H,27,29)/t17-/m0/s1. The van der Waals surface area contributed by atoms with Crippen molar-refractivity contribution in [3.05, 3.63) is 44.3 Å². The third kappa shape index (κ3) is 10.2. The zero-order valence-corrected chi connectivity index (χ0v) is 25.3. The molecule has 232 valence electrons. The molecular formula is C26H33NO13S2. The molecule has 0 radical (unpaired) electrons. The van der Waals surface area contributed by atoms with Crippen molar-refractivity contribution in [3.8, 4) is 0 Å². The average molecular weight is 632 g/mol. The van der Waals surface area contributed by atoms with Crippen molar-refractivity contribution in [2.75, 3.05) is 12.4 Å². The van der Waals surface area contributed by atoms with Gasteiger partial charge in [-0.25, -0.2) is 24.0 Å². The molecule has 0 saturated heterocycles. The molecule has 42 heavy (non-hydrogen) atoms. The number of hydrogen-bond donors (Lipinski definition) is 1. The van der Waals surface area contributed by atoms with Crippen LogP contribution in [0.1, 0.15) is 69.0 Å². The van der Waals surface area contributed by atoms with E-state index in [0.29, 0.717) is 23.5 Å². The zero-order chi connectivity index (χ0) is 30.9. The maximum Gasteiger partial charge on any atom is 0.519 e. The number of aryl methyl sites for hydroxylation is 2. The first-order valence-electron chi connectivity index (χ1n) is 13.2. The molecule has 0 spiro atoms. The van der Waals surface area contributed by atoms with Crippen LogP contribution >= 0.6 is 23.5 Å². The molecular weight excluding hydrogens is 598 g/mol. The second-order valence-electron chi connectivity index (χ2n) is 10.0. The summed E-state index contributed by atoms with van der Waals surface area (Å²) in [5.41, 5.74) is 0. The molecule has 1 amide bonds. The molecule has 1 fully saturated rings. The van der Waals surface area contributed by atoms with E-state index in [1.807, 2.05) is 0 Å². The molecule has 1 N–H and O–H groups in total. The van der Waals surface area contributed by atoms with Crippen LogP contribution < -0.4 is 17.0 Å². The van der Waals surface area contributed by atoms with Gasteiger partial charge in [-0.15, -0.1) is 0 Å². The molecule has 1 aliphatic carbocycles. The number of hydrogen-bond acceptors (Lipinski definition) is 15. The van der Waals surface area contributed by atoms with Crippen LogP contribution in [-0.4, -0.2) is 45.6 Å². The molecule has 1 aliphatic rings. The van der Waals surface area contributed by atoms with E-state index in [1.165, 1.54) is 27.7 Å². The molecule has 0 aromatic carbocycles. The van der Waals surface area contributed by atoms with Crippen molar-refractivity contribution < 1.29 is 51.1 Å². The summed E-state index contributed by atoms with van der Waals surface area (Å²) >= 11 is 1.16. The fourth-order valence-electron chi connectivity index (χ4n) is 3.89. The Morgan fingerprint density at radius 2 is 1.40 bits per heavy atom. The molecule has 0 bridgehead atoms. The van der Waals surface area contributed by atoms with Gasteiger partial charge in [0.15, 0.2) is 36.3 Å². The van der Waals surface area contributed by atoms with Gasteiger partial charge in [0.25, 0.3) is 0 Å². The van der Waals surface area contributed by atoms with Gasteiger partial charge in [-0.1, -0.05) is 19.3 Å². The van der Waals surface area contributed by atoms with E-state index in [1.54, 1.807) is 0 Å². The van der Waals surface area contributed by atoms with Crippen molar-refractivity contribution in [1.82, 2.24) is 5.32 Å². The number of amides is 1. The lowest BCUT2D eigenvalue weighted by molar-refractivity contribution is -0.148. The smallest absolute Gasteiger partial charge is 0.464 e. The number of carbonyl (C=O) groups excluding carboxylic acids is 4. The minimum atomic E-state index is -1.41. The first kappa shape index (κ1) is 33.1. The van der Waals surface area contributed by atoms with Crippen molar-refractivity contribution in [3.63, 3.8) is 0 Å². The van der Waals surface area contributed by atoms with E-state index in [-0.39, 0.29) is 54.5 Å². The lowest BCUT2D eigenvalue weighted by atomic mass is 9.90. The Labute approximate surface area is 248 Å². The summed E-state index contributed by atoms with van der Waals surface area (Å²) in [5.74, 6) is -2.91. The number of thioether (sulfide) groups is 2. The summed E-state index contributed by atoms with van der Waals surface area (Å²) in [6.45, 7) is 5.29.